The fourth-order valence-corrected chi connectivity index (χ4v) is 1.60. The van der Waals surface area contributed by atoms with Crippen molar-refractivity contribution in [3.8, 4) is 5.75 Å². The first-order valence-electron chi connectivity index (χ1n) is 4.29. The molecule has 4 heteroatoms. The normalized spacial score (nSPS) is 9.93. The molecule has 0 aliphatic heterocycles. The van der Waals surface area contributed by atoms with Crippen molar-refractivity contribution >= 4 is 27.4 Å². The van der Waals surface area contributed by atoms with Crippen molar-refractivity contribution in [3.63, 3.8) is 0 Å². The molecule has 2 N–H and O–H groups in total. The van der Waals surface area contributed by atoms with Crippen LogP contribution in [0.1, 0.15) is 24.2 Å². The molecule has 0 unspecified atom stereocenters. The fraction of sp³-hybridized carbons (Fsp3) is 0.300. The topological polar surface area (TPSA) is 52.3 Å². The summed E-state index contributed by atoms with van der Waals surface area (Å²) in [5.74, 6) is 0.612. The van der Waals surface area contributed by atoms with Gasteiger partial charge in [-0.3, -0.25) is 4.79 Å². The number of ether oxygens (including phenoxy) is 1. The number of Topliss-reactive ketones (excluding diaryl/α,β-unsaturated/α-hetero) is 1. The van der Waals surface area contributed by atoms with Crippen LogP contribution < -0.4 is 10.5 Å². The van der Waals surface area contributed by atoms with Gasteiger partial charge >= 0.3 is 0 Å². The van der Waals surface area contributed by atoms with Gasteiger partial charge in [0.1, 0.15) is 5.75 Å². The number of hydrogen-bond donors (Lipinski definition) is 1. The first-order chi connectivity index (χ1) is 6.56. The molecule has 0 saturated heterocycles. The van der Waals surface area contributed by atoms with Crippen molar-refractivity contribution in [3.05, 3.63) is 22.2 Å². The lowest BCUT2D eigenvalue weighted by Crippen LogP contribution is -2.01. The van der Waals surface area contributed by atoms with E-state index >= 15 is 0 Å². The minimum atomic E-state index is -0.0498. The van der Waals surface area contributed by atoms with E-state index in [9.17, 15) is 4.79 Å². The molecule has 14 heavy (non-hydrogen) atoms. The molecule has 0 atom stereocenters. The Labute approximate surface area is 91.4 Å². The van der Waals surface area contributed by atoms with Crippen molar-refractivity contribution in [2.24, 2.45) is 0 Å². The molecule has 0 heterocycles. The molecule has 0 aromatic heterocycles. The summed E-state index contributed by atoms with van der Waals surface area (Å²) in [4.78, 5) is 11.1. The number of nitrogen functional groups attached to an aromatic ring is 1. The maximum absolute atomic E-state index is 11.1. The van der Waals surface area contributed by atoms with Crippen LogP contribution in [0, 0.1) is 0 Å². The quantitative estimate of drug-likeness (QED) is 0.669. The third-order valence-electron chi connectivity index (χ3n) is 1.78. The van der Waals surface area contributed by atoms with Crippen LogP contribution in [-0.4, -0.2) is 12.4 Å². The summed E-state index contributed by atoms with van der Waals surface area (Å²) in [6.45, 7) is 3.94. The van der Waals surface area contributed by atoms with E-state index in [1.165, 1.54) is 6.92 Å². The number of hydrogen-bond acceptors (Lipinski definition) is 3. The lowest BCUT2D eigenvalue weighted by Gasteiger charge is -2.09. The maximum Gasteiger partial charge on any atom is 0.161 e. The summed E-state index contributed by atoms with van der Waals surface area (Å²) in [5, 5.41) is 0. The van der Waals surface area contributed by atoms with Crippen molar-refractivity contribution in [2.45, 2.75) is 13.8 Å². The van der Waals surface area contributed by atoms with Gasteiger partial charge in [0.05, 0.1) is 11.1 Å². The van der Waals surface area contributed by atoms with Crippen molar-refractivity contribution < 1.29 is 9.53 Å². The molecule has 0 saturated carbocycles. The molecule has 0 bridgehead atoms. The molecule has 1 aromatic carbocycles. The molecule has 1 aromatic rings. The third kappa shape index (κ3) is 2.26. The molecule has 0 fully saturated rings. The summed E-state index contributed by atoms with van der Waals surface area (Å²) in [6.07, 6.45) is 0. The van der Waals surface area contributed by atoms with Gasteiger partial charge in [-0.05, 0) is 35.8 Å². The Hall–Kier alpha value is -1.03. The number of nitrogens with two attached hydrogens (primary N) is 1. The van der Waals surface area contributed by atoms with E-state index in [2.05, 4.69) is 15.9 Å². The summed E-state index contributed by atoms with van der Waals surface area (Å²) in [6, 6.07) is 3.34. The Bertz CT molecular complexity index is 363. The predicted molar refractivity (Wildman–Crippen MR) is 59.7 cm³/mol. The summed E-state index contributed by atoms with van der Waals surface area (Å²) < 4.78 is 6.06. The zero-order valence-electron chi connectivity index (χ0n) is 8.13. The lowest BCUT2D eigenvalue weighted by molar-refractivity contribution is 0.101. The van der Waals surface area contributed by atoms with E-state index in [-0.39, 0.29) is 5.78 Å². The van der Waals surface area contributed by atoms with E-state index in [0.29, 0.717) is 23.6 Å². The summed E-state index contributed by atoms with van der Waals surface area (Å²) in [5.41, 5.74) is 6.66. The molecule has 0 aliphatic rings. The molecule has 0 amide bonds. The smallest absolute Gasteiger partial charge is 0.161 e. The van der Waals surface area contributed by atoms with E-state index in [4.69, 9.17) is 10.5 Å². The average molecular weight is 258 g/mol. The van der Waals surface area contributed by atoms with Gasteiger partial charge in [0, 0.05) is 17.3 Å². The molecule has 1 rings (SSSR count). The molecule has 0 aliphatic carbocycles. The van der Waals surface area contributed by atoms with E-state index < -0.39 is 0 Å². The number of halogens is 1. The number of benzene rings is 1. The van der Waals surface area contributed by atoms with Gasteiger partial charge in [-0.15, -0.1) is 0 Å². The minimum Gasteiger partial charge on any atom is -0.493 e. The molecular formula is C10H12BrNO2. The second kappa shape index (κ2) is 4.46. The zero-order valence-corrected chi connectivity index (χ0v) is 9.72. The second-order valence-corrected chi connectivity index (χ2v) is 3.71. The number of anilines is 1. The van der Waals surface area contributed by atoms with Crippen molar-refractivity contribution in [2.75, 3.05) is 12.3 Å². The van der Waals surface area contributed by atoms with Crippen LogP contribution in [-0.2, 0) is 0 Å². The molecule has 76 valence electrons. The standard InChI is InChI=1S/C10H12BrNO2/c1-3-14-10-5-9(12)7(6(2)13)4-8(10)11/h4-5H,3,12H2,1-2H3. The highest BCUT2D eigenvalue weighted by molar-refractivity contribution is 9.10. The predicted octanol–water partition coefficient (Wildman–Crippen LogP) is 2.63. The monoisotopic (exact) mass is 257 g/mol. The summed E-state index contributed by atoms with van der Waals surface area (Å²) >= 11 is 3.32. The van der Waals surface area contributed by atoms with E-state index in [1.54, 1.807) is 12.1 Å². The van der Waals surface area contributed by atoms with Crippen LogP contribution >= 0.6 is 15.9 Å². The highest BCUT2D eigenvalue weighted by atomic mass is 79.9. The first-order valence-corrected chi connectivity index (χ1v) is 5.08. The Morgan fingerprint density at radius 1 is 1.57 bits per heavy atom. The Morgan fingerprint density at radius 2 is 2.21 bits per heavy atom. The Morgan fingerprint density at radius 3 is 2.71 bits per heavy atom. The molecule has 3 nitrogen and oxygen atoms in total. The highest BCUT2D eigenvalue weighted by Crippen LogP contribution is 2.30. The van der Waals surface area contributed by atoms with Crippen LogP contribution in [0.15, 0.2) is 16.6 Å². The van der Waals surface area contributed by atoms with Crippen LogP contribution in [0.4, 0.5) is 5.69 Å². The van der Waals surface area contributed by atoms with Gasteiger partial charge in [0.2, 0.25) is 0 Å². The zero-order chi connectivity index (χ0) is 10.7. The van der Waals surface area contributed by atoms with Crippen molar-refractivity contribution in [1.29, 1.82) is 0 Å². The van der Waals surface area contributed by atoms with Crippen LogP contribution in [0.25, 0.3) is 0 Å². The van der Waals surface area contributed by atoms with Gasteiger partial charge in [-0.25, -0.2) is 0 Å². The fourth-order valence-electron chi connectivity index (χ4n) is 1.14. The van der Waals surface area contributed by atoms with Gasteiger partial charge in [-0.1, -0.05) is 0 Å². The van der Waals surface area contributed by atoms with Crippen LogP contribution in [0.2, 0.25) is 0 Å². The average Bonchev–Trinajstić information content (AvgIpc) is 2.10. The summed E-state index contributed by atoms with van der Waals surface area (Å²) in [7, 11) is 0. The molecular weight excluding hydrogens is 246 g/mol. The van der Waals surface area contributed by atoms with Crippen LogP contribution in [0.3, 0.4) is 0 Å². The van der Waals surface area contributed by atoms with Gasteiger partial charge in [0.25, 0.3) is 0 Å². The van der Waals surface area contributed by atoms with Gasteiger partial charge < -0.3 is 10.5 Å². The minimum absolute atomic E-state index is 0.0498. The van der Waals surface area contributed by atoms with Gasteiger partial charge in [0.15, 0.2) is 5.78 Å². The van der Waals surface area contributed by atoms with Crippen molar-refractivity contribution in [1.82, 2.24) is 0 Å². The van der Waals surface area contributed by atoms with Gasteiger partial charge in [-0.2, -0.15) is 0 Å². The Balaban J connectivity index is 3.17. The second-order valence-electron chi connectivity index (χ2n) is 2.86. The largest absolute Gasteiger partial charge is 0.493 e. The maximum atomic E-state index is 11.1. The highest BCUT2D eigenvalue weighted by Gasteiger charge is 2.09. The SMILES string of the molecule is CCOc1cc(N)c(C(C)=O)cc1Br. The number of carbonyl (C=O) groups excluding carboxylic acids is 1. The number of rotatable bonds is 3. The lowest BCUT2D eigenvalue weighted by atomic mass is 10.1. The molecule has 0 radical (unpaired) electrons. The Kier molecular flexibility index (Phi) is 3.52. The van der Waals surface area contributed by atoms with E-state index in [1.807, 2.05) is 6.92 Å². The number of ketones is 1. The third-order valence-corrected chi connectivity index (χ3v) is 2.40. The molecule has 0 spiro atoms. The number of carbonyl (C=O) groups is 1. The van der Waals surface area contributed by atoms with E-state index in [0.717, 1.165) is 4.47 Å². The van der Waals surface area contributed by atoms with Crippen LogP contribution in [0.5, 0.6) is 5.75 Å². The first kappa shape index (κ1) is 11.0.